The monoisotopic (exact) mass is 263 g/mol. The molecular formula is C18H17NO. The number of benzene rings is 2. The number of hydrogen-bond acceptors (Lipinski definition) is 1. The van der Waals surface area contributed by atoms with Gasteiger partial charge >= 0.3 is 0 Å². The molecule has 0 aliphatic heterocycles. The van der Waals surface area contributed by atoms with E-state index < -0.39 is 0 Å². The van der Waals surface area contributed by atoms with Crippen LogP contribution in [-0.2, 0) is 6.42 Å². The number of rotatable bonds is 1. The van der Waals surface area contributed by atoms with E-state index in [2.05, 4.69) is 59.3 Å². The third kappa shape index (κ3) is 1.69. The Balaban J connectivity index is 1.96. The minimum Gasteiger partial charge on any atom is -0.388 e. The lowest BCUT2D eigenvalue weighted by Gasteiger charge is -2.20. The van der Waals surface area contributed by atoms with Crippen LogP contribution in [-0.4, -0.2) is 9.67 Å². The van der Waals surface area contributed by atoms with Crippen LogP contribution >= 0.6 is 0 Å². The van der Waals surface area contributed by atoms with Crippen LogP contribution in [0.5, 0.6) is 0 Å². The summed E-state index contributed by atoms with van der Waals surface area (Å²) < 4.78 is 2.25. The van der Waals surface area contributed by atoms with Gasteiger partial charge in [-0.2, -0.15) is 0 Å². The highest BCUT2D eigenvalue weighted by molar-refractivity contribution is 5.90. The summed E-state index contributed by atoms with van der Waals surface area (Å²) in [6.45, 7) is 0. The fourth-order valence-electron chi connectivity index (χ4n) is 3.31. The second-order valence-electron chi connectivity index (χ2n) is 5.49. The Hall–Kier alpha value is -2.06. The summed E-state index contributed by atoms with van der Waals surface area (Å²) in [5, 5.41) is 12.6. The van der Waals surface area contributed by atoms with Crippen LogP contribution in [0.4, 0.5) is 0 Å². The SMILES string of the molecule is OC1CCCc2c1ccn2-c1cccc2ccccc12. The lowest BCUT2D eigenvalue weighted by Crippen LogP contribution is -2.11. The zero-order valence-electron chi connectivity index (χ0n) is 11.3. The van der Waals surface area contributed by atoms with Gasteiger partial charge in [0.05, 0.1) is 11.8 Å². The minimum absolute atomic E-state index is 0.296. The van der Waals surface area contributed by atoms with Crippen molar-refractivity contribution in [1.29, 1.82) is 0 Å². The second-order valence-corrected chi connectivity index (χ2v) is 5.49. The minimum atomic E-state index is -0.296. The molecule has 1 unspecified atom stereocenters. The van der Waals surface area contributed by atoms with E-state index in [0.717, 1.165) is 24.8 Å². The van der Waals surface area contributed by atoms with Crippen LogP contribution in [0.1, 0.15) is 30.2 Å². The van der Waals surface area contributed by atoms with E-state index in [1.165, 1.54) is 22.2 Å². The molecule has 1 heterocycles. The summed E-state index contributed by atoms with van der Waals surface area (Å²) in [6.07, 6.45) is 4.79. The van der Waals surface area contributed by atoms with Gasteiger partial charge in [0.2, 0.25) is 0 Å². The van der Waals surface area contributed by atoms with Crippen LogP contribution in [0.15, 0.2) is 54.7 Å². The highest BCUT2D eigenvalue weighted by Crippen LogP contribution is 2.33. The van der Waals surface area contributed by atoms with Gasteiger partial charge in [0.1, 0.15) is 0 Å². The molecular weight excluding hydrogens is 246 g/mol. The normalized spacial score (nSPS) is 18.1. The van der Waals surface area contributed by atoms with E-state index in [0.29, 0.717) is 0 Å². The first kappa shape index (κ1) is 11.7. The topological polar surface area (TPSA) is 25.2 Å². The molecule has 0 bridgehead atoms. The summed E-state index contributed by atoms with van der Waals surface area (Å²) in [4.78, 5) is 0. The number of aliphatic hydroxyl groups is 1. The van der Waals surface area contributed by atoms with Gasteiger partial charge in [-0.1, -0.05) is 36.4 Å². The van der Waals surface area contributed by atoms with Crippen LogP contribution in [0.2, 0.25) is 0 Å². The molecule has 3 aromatic rings. The molecule has 4 rings (SSSR count). The predicted molar refractivity (Wildman–Crippen MR) is 81.2 cm³/mol. The molecule has 0 radical (unpaired) electrons. The van der Waals surface area contributed by atoms with E-state index >= 15 is 0 Å². The largest absolute Gasteiger partial charge is 0.388 e. The Morgan fingerprint density at radius 2 is 1.85 bits per heavy atom. The molecule has 1 aliphatic carbocycles. The molecule has 2 nitrogen and oxygen atoms in total. The molecule has 0 amide bonds. The van der Waals surface area contributed by atoms with Crippen molar-refractivity contribution < 1.29 is 5.11 Å². The van der Waals surface area contributed by atoms with E-state index in [-0.39, 0.29) is 6.10 Å². The fraction of sp³-hybridized carbons (Fsp3) is 0.222. The molecule has 0 saturated carbocycles. The highest BCUT2D eigenvalue weighted by Gasteiger charge is 2.22. The van der Waals surface area contributed by atoms with E-state index in [9.17, 15) is 5.11 Å². The quantitative estimate of drug-likeness (QED) is 0.705. The first-order chi connectivity index (χ1) is 9.84. The number of hydrogen-bond donors (Lipinski definition) is 1. The Labute approximate surface area is 118 Å². The van der Waals surface area contributed by atoms with Crippen LogP contribution < -0.4 is 0 Å². The molecule has 0 saturated heterocycles. The Kier molecular flexibility index (Phi) is 2.64. The van der Waals surface area contributed by atoms with Crippen molar-refractivity contribution >= 4 is 10.8 Å². The molecule has 2 aromatic carbocycles. The summed E-state index contributed by atoms with van der Waals surface area (Å²) in [5.74, 6) is 0. The third-order valence-electron chi connectivity index (χ3n) is 4.30. The van der Waals surface area contributed by atoms with Crippen molar-refractivity contribution in [2.45, 2.75) is 25.4 Å². The molecule has 1 aromatic heterocycles. The lowest BCUT2D eigenvalue weighted by molar-refractivity contribution is 0.156. The van der Waals surface area contributed by atoms with Gasteiger partial charge in [-0.15, -0.1) is 0 Å². The van der Waals surface area contributed by atoms with Gasteiger partial charge in [0, 0.05) is 22.8 Å². The fourth-order valence-corrected chi connectivity index (χ4v) is 3.31. The molecule has 0 spiro atoms. The summed E-state index contributed by atoms with van der Waals surface area (Å²) in [5.41, 5.74) is 3.57. The molecule has 1 atom stereocenters. The first-order valence-electron chi connectivity index (χ1n) is 7.21. The van der Waals surface area contributed by atoms with Crippen molar-refractivity contribution in [3.63, 3.8) is 0 Å². The number of aliphatic hydroxyl groups excluding tert-OH is 1. The highest BCUT2D eigenvalue weighted by atomic mass is 16.3. The number of nitrogens with zero attached hydrogens (tertiary/aromatic N) is 1. The Bertz CT molecular complexity index is 767. The van der Waals surface area contributed by atoms with Crippen molar-refractivity contribution in [2.75, 3.05) is 0 Å². The molecule has 2 heteroatoms. The van der Waals surface area contributed by atoms with Gasteiger partial charge in [-0.3, -0.25) is 0 Å². The van der Waals surface area contributed by atoms with Crippen LogP contribution in [0.25, 0.3) is 16.5 Å². The third-order valence-corrected chi connectivity index (χ3v) is 4.30. The van der Waals surface area contributed by atoms with E-state index in [1.807, 2.05) is 0 Å². The number of aromatic nitrogens is 1. The maximum Gasteiger partial charge on any atom is 0.0807 e. The lowest BCUT2D eigenvalue weighted by atomic mass is 9.95. The summed E-state index contributed by atoms with van der Waals surface area (Å²) in [7, 11) is 0. The average Bonchev–Trinajstić information content (AvgIpc) is 2.92. The molecule has 100 valence electrons. The molecule has 1 aliphatic rings. The maximum absolute atomic E-state index is 10.1. The predicted octanol–water partition coefficient (Wildman–Crippen LogP) is 4.00. The van der Waals surface area contributed by atoms with Crippen molar-refractivity contribution in [2.24, 2.45) is 0 Å². The van der Waals surface area contributed by atoms with Crippen molar-refractivity contribution in [3.05, 3.63) is 66.0 Å². The van der Waals surface area contributed by atoms with Crippen LogP contribution in [0.3, 0.4) is 0 Å². The van der Waals surface area contributed by atoms with Gasteiger partial charge in [0.25, 0.3) is 0 Å². The Morgan fingerprint density at radius 3 is 2.80 bits per heavy atom. The van der Waals surface area contributed by atoms with Gasteiger partial charge in [-0.05, 0) is 36.8 Å². The summed E-state index contributed by atoms with van der Waals surface area (Å²) in [6, 6.07) is 16.9. The first-order valence-corrected chi connectivity index (χ1v) is 7.21. The standard InChI is InChI=1S/C18H17NO/c20-18-10-4-9-17-15(18)11-12-19(17)16-8-3-6-13-5-1-2-7-14(13)16/h1-3,5-8,11-12,18,20H,4,9-10H2. The average molecular weight is 263 g/mol. The summed E-state index contributed by atoms with van der Waals surface area (Å²) >= 11 is 0. The second kappa shape index (κ2) is 4.50. The zero-order chi connectivity index (χ0) is 13.5. The molecule has 20 heavy (non-hydrogen) atoms. The van der Waals surface area contributed by atoms with E-state index in [4.69, 9.17) is 0 Å². The van der Waals surface area contributed by atoms with Gasteiger partial charge in [0.15, 0.2) is 0 Å². The van der Waals surface area contributed by atoms with Crippen LogP contribution in [0, 0.1) is 0 Å². The van der Waals surface area contributed by atoms with Crippen molar-refractivity contribution in [3.8, 4) is 5.69 Å². The van der Waals surface area contributed by atoms with Crippen molar-refractivity contribution in [1.82, 2.24) is 4.57 Å². The van der Waals surface area contributed by atoms with Gasteiger partial charge < -0.3 is 9.67 Å². The number of fused-ring (bicyclic) bond motifs is 2. The van der Waals surface area contributed by atoms with E-state index in [1.54, 1.807) is 0 Å². The molecule has 0 fully saturated rings. The zero-order valence-corrected chi connectivity index (χ0v) is 11.3. The van der Waals surface area contributed by atoms with Gasteiger partial charge in [-0.25, -0.2) is 0 Å². The molecule has 1 N–H and O–H groups in total. The smallest absolute Gasteiger partial charge is 0.0807 e. The Morgan fingerprint density at radius 1 is 1.00 bits per heavy atom. The maximum atomic E-state index is 10.1.